The maximum Gasteiger partial charge on any atom is 0.224 e. The number of likely N-dealkylation sites (N-methyl/N-ethyl adjacent to an activating group) is 1. The minimum absolute atomic E-state index is 0.0208. The predicted molar refractivity (Wildman–Crippen MR) is 82.0 cm³/mol. The van der Waals surface area contributed by atoms with Crippen molar-refractivity contribution in [3.63, 3.8) is 0 Å². The molecule has 1 saturated heterocycles. The largest absolute Gasteiger partial charge is 0.383 e. The third kappa shape index (κ3) is 4.51. The number of hydrogen-bond donors (Lipinski definition) is 1. The molecule has 2 rings (SSSR count). The van der Waals surface area contributed by atoms with Crippen LogP contribution in [0.4, 0.5) is 0 Å². The predicted octanol–water partition coefficient (Wildman–Crippen LogP) is 1.10. The van der Waals surface area contributed by atoms with Crippen molar-refractivity contribution in [3.8, 4) is 0 Å². The number of rotatable bonds is 6. The van der Waals surface area contributed by atoms with E-state index in [1.165, 1.54) is 0 Å². The van der Waals surface area contributed by atoms with Gasteiger partial charge in [0.15, 0.2) is 0 Å². The van der Waals surface area contributed by atoms with Crippen LogP contribution in [-0.4, -0.2) is 55.7 Å². The van der Waals surface area contributed by atoms with Crippen molar-refractivity contribution >= 4 is 5.91 Å². The molecule has 5 heteroatoms. The average molecular weight is 291 g/mol. The standard InChI is InChI=1S/C16H25N3O2/c1-19-11-5-7-14(15(19)12-21-2)16(20)18-10-8-13-6-3-4-9-17-13/h3-4,6,9,14-15H,5,7-8,10-12H2,1-2H3,(H,18,20)/t14-,15-/m1/s1. The second-order valence-corrected chi connectivity index (χ2v) is 5.61. The molecule has 0 bridgehead atoms. The summed E-state index contributed by atoms with van der Waals surface area (Å²) in [6.45, 7) is 2.27. The summed E-state index contributed by atoms with van der Waals surface area (Å²) in [5.41, 5.74) is 1.01. The van der Waals surface area contributed by atoms with Gasteiger partial charge in [0.1, 0.15) is 0 Å². The number of carbonyl (C=O) groups excluding carboxylic acids is 1. The maximum absolute atomic E-state index is 12.4. The lowest BCUT2D eigenvalue weighted by Gasteiger charge is -2.37. The van der Waals surface area contributed by atoms with Gasteiger partial charge in [-0.3, -0.25) is 9.78 Å². The van der Waals surface area contributed by atoms with Gasteiger partial charge in [0.25, 0.3) is 0 Å². The Morgan fingerprint density at radius 3 is 3.10 bits per heavy atom. The molecular formula is C16H25N3O2. The third-order valence-electron chi connectivity index (χ3n) is 4.14. The van der Waals surface area contributed by atoms with Crippen LogP contribution in [0.1, 0.15) is 18.5 Å². The zero-order valence-electron chi connectivity index (χ0n) is 12.9. The van der Waals surface area contributed by atoms with Crippen LogP contribution in [-0.2, 0) is 16.0 Å². The van der Waals surface area contributed by atoms with Crippen molar-refractivity contribution in [2.75, 3.05) is 33.9 Å². The molecule has 0 spiro atoms. The van der Waals surface area contributed by atoms with Crippen LogP contribution < -0.4 is 5.32 Å². The van der Waals surface area contributed by atoms with Crippen LogP contribution in [0.3, 0.4) is 0 Å². The van der Waals surface area contributed by atoms with Crippen LogP contribution in [0, 0.1) is 5.92 Å². The highest BCUT2D eigenvalue weighted by atomic mass is 16.5. The van der Waals surface area contributed by atoms with Gasteiger partial charge in [-0.25, -0.2) is 0 Å². The molecule has 1 amide bonds. The molecule has 0 aliphatic carbocycles. The average Bonchev–Trinajstić information content (AvgIpc) is 2.50. The van der Waals surface area contributed by atoms with Gasteiger partial charge in [-0.15, -0.1) is 0 Å². The van der Waals surface area contributed by atoms with Crippen LogP contribution >= 0.6 is 0 Å². The Labute approximate surface area is 126 Å². The number of hydrogen-bond acceptors (Lipinski definition) is 4. The van der Waals surface area contributed by atoms with E-state index >= 15 is 0 Å². The molecule has 1 aromatic heterocycles. The summed E-state index contributed by atoms with van der Waals surface area (Å²) in [5, 5.41) is 3.05. The monoisotopic (exact) mass is 291 g/mol. The fourth-order valence-corrected chi connectivity index (χ4v) is 2.94. The number of ether oxygens (including phenoxy) is 1. The molecule has 1 aromatic rings. The van der Waals surface area contributed by atoms with E-state index in [-0.39, 0.29) is 17.9 Å². The summed E-state index contributed by atoms with van der Waals surface area (Å²) in [6.07, 6.45) is 4.55. The van der Waals surface area contributed by atoms with Gasteiger partial charge in [-0.1, -0.05) is 6.07 Å². The summed E-state index contributed by atoms with van der Waals surface area (Å²) in [5.74, 6) is 0.159. The maximum atomic E-state index is 12.4. The van der Waals surface area contributed by atoms with Gasteiger partial charge >= 0.3 is 0 Å². The summed E-state index contributed by atoms with van der Waals surface area (Å²) >= 11 is 0. The van der Waals surface area contributed by atoms with Crippen LogP contribution in [0.15, 0.2) is 24.4 Å². The van der Waals surface area contributed by atoms with E-state index in [1.54, 1.807) is 13.3 Å². The molecule has 0 radical (unpaired) electrons. The Hall–Kier alpha value is -1.46. The topological polar surface area (TPSA) is 54.5 Å². The number of nitrogens with zero attached hydrogens (tertiary/aromatic N) is 2. The van der Waals surface area contributed by atoms with Crippen molar-refractivity contribution in [1.82, 2.24) is 15.2 Å². The molecule has 1 aliphatic heterocycles. The van der Waals surface area contributed by atoms with Gasteiger partial charge in [0.05, 0.1) is 12.5 Å². The Morgan fingerprint density at radius 2 is 2.38 bits per heavy atom. The Balaban J connectivity index is 1.83. The van der Waals surface area contributed by atoms with Crippen LogP contribution in [0.2, 0.25) is 0 Å². The lowest BCUT2D eigenvalue weighted by atomic mass is 9.89. The molecule has 1 N–H and O–H groups in total. The lowest BCUT2D eigenvalue weighted by molar-refractivity contribution is -0.129. The third-order valence-corrected chi connectivity index (χ3v) is 4.14. The Kier molecular flexibility index (Phi) is 6.14. The van der Waals surface area contributed by atoms with E-state index in [0.717, 1.165) is 31.5 Å². The van der Waals surface area contributed by atoms with Gasteiger partial charge in [-0.2, -0.15) is 0 Å². The second kappa shape index (κ2) is 8.10. The van der Waals surface area contributed by atoms with Gasteiger partial charge < -0.3 is 15.0 Å². The zero-order valence-corrected chi connectivity index (χ0v) is 12.9. The van der Waals surface area contributed by atoms with Crippen molar-refractivity contribution in [2.45, 2.75) is 25.3 Å². The second-order valence-electron chi connectivity index (χ2n) is 5.61. The molecule has 5 nitrogen and oxygen atoms in total. The van der Waals surface area contributed by atoms with Crippen LogP contribution in [0.5, 0.6) is 0 Å². The quantitative estimate of drug-likeness (QED) is 0.853. The normalized spacial score (nSPS) is 23.0. The lowest BCUT2D eigenvalue weighted by Crippen LogP contribution is -2.51. The first-order valence-corrected chi connectivity index (χ1v) is 7.59. The minimum atomic E-state index is 0.0208. The molecule has 1 aliphatic rings. The minimum Gasteiger partial charge on any atom is -0.383 e. The van der Waals surface area contributed by atoms with Crippen LogP contribution in [0.25, 0.3) is 0 Å². The molecule has 0 unspecified atom stereocenters. The fraction of sp³-hybridized carbons (Fsp3) is 0.625. The molecule has 2 heterocycles. The first kappa shape index (κ1) is 15.9. The van der Waals surface area contributed by atoms with Gasteiger partial charge in [0.2, 0.25) is 5.91 Å². The molecule has 2 atom stereocenters. The summed E-state index contributed by atoms with van der Waals surface area (Å²) in [6, 6.07) is 6.02. The van der Waals surface area contributed by atoms with E-state index in [0.29, 0.717) is 13.2 Å². The molecule has 116 valence electrons. The summed E-state index contributed by atoms with van der Waals surface area (Å²) in [4.78, 5) is 18.9. The molecule has 0 saturated carbocycles. The number of methoxy groups -OCH3 is 1. The van der Waals surface area contributed by atoms with Crippen molar-refractivity contribution < 1.29 is 9.53 Å². The SMILES string of the molecule is COC[C@@H]1[C@H](C(=O)NCCc2ccccn2)CCCN1C. The molecule has 21 heavy (non-hydrogen) atoms. The van der Waals surface area contributed by atoms with E-state index < -0.39 is 0 Å². The first-order valence-electron chi connectivity index (χ1n) is 7.59. The van der Waals surface area contributed by atoms with Crippen molar-refractivity contribution in [3.05, 3.63) is 30.1 Å². The number of carbonyl (C=O) groups is 1. The highest BCUT2D eigenvalue weighted by Crippen LogP contribution is 2.22. The van der Waals surface area contributed by atoms with E-state index in [2.05, 4.69) is 22.2 Å². The van der Waals surface area contributed by atoms with Gasteiger partial charge in [-0.05, 0) is 38.6 Å². The number of likely N-dealkylation sites (tertiary alicyclic amines) is 1. The zero-order chi connectivity index (χ0) is 15.1. The number of pyridine rings is 1. The van der Waals surface area contributed by atoms with Crippen molar-refractivity contribution in [2.24, 2.45) is 5.92 Å². The fourth-order valence-electron chi connectivity index (χ4n) is 2.94. The Bertz CT molecular complexity index is 438. The van der Waals surface area contributed by atoms with E-state index in [4.69, 9.17) is 4.74 Å². The smallest absolute Gasteiger partial charge is 0.224 e. The number of nitrogens with one attached hydrogen (secondary N) is 1. The molecular weight excluding hydrogens is 266 g/mol. The summed E-state index contributed by atoms with van der Waals surface area (Å²) in [7, 11) is 3.76. The molecule has 0 aromatic carbocycles. The van der Waals surface area contributed by atoms with Gasteiger partial charge in [0, 0.05) is 38.0 Å². The first-order chi connectivity index (χ1) is 10.2. The number of piperidine rings is 1. The Morgan fingerprint density at radius 1 is 1.52 bits per heavy atom. The number of amides is 1. The molecule has 1 fully saturated rings. The highest BCUT2D eigenvalue weighted by molar-refractivity contribution is 5.79. The van der Waals surface area contributed by atoms with E-state index in [9.17, 15) is 4.79 Å². The van der Waals surface area contributed by atoms with E-state index in [1.807, 2.05) is 18.2 Å². The summed E-state index contributed by atoms with van der Waals surface area (Å²) < 4.78 is 5.27. The number of aromatic nitrogens is 1. The van der Waals surface area contributed by atoms with Crippen molar-refractivity contribution in [1.29, 1.82) is 0 Å². The highest BCUT2D eigenvalue weighted by Gasteiger charge is 2.33.